The zero-order valence-electron chi connectivity index (χ0n) is 17.7. The molecule has 0 heterocycles. The number of hydrogen-bond donors (Lipinski definition) is 2. The predicted molar refractivity (Wildman–Crippen MR) is 127 cm³/mol. The van der Waals surface area contributed by atoms with Crippen molar-refractivity contribution in [2.24, 2.45) is 0 Å². The third kappa shape index (κ3) is 5.51. The fourth-order valence-electron chi connectivity index (χ4n) is 3.85. The monoisotopic (exact) mass is 443 g/mol. The van der Waals surface area contributed by atoms with Crippen molar-refractivity contribution in [1.29, 1.82) is 0 Å². The Morgan fingerprint density at radius 2 is 1.00 bits per heavy atom. The van der Waals surface area contributed by atoms with Crippen molar-refractivity contribution in [2.45, 2.75) is 17.0 Å². The first-order chi connectivity index (χ1) is 15.6. The van der Waals surface area contributed by atoms with Crippen LogP contribution in [0.25, 0.3) is 0 Å². The Bertz CT molecular complexity index is 1160. The maximum Gasteiger partial charge on any atom is 0.240 e. The van der Waals surface area contributed by atoms with E-state index in [-0.39, 0.29) is 23.5 Å². The van der Waals surface area contributed by atoms with Crippen LogP contribution in [0.15, 0.2) is 126 Å². The van der Waals surface area contributed by atoms with Gasteiger partial charge < -0.3 is 5.32 Å². The van der Waals surface area contributed by atoms with Gasteiger partial charge in [-0.3, -0.25) is 0 Å². The lowest BCUT2D eigenvalue weighted by atomic mass is 9.96. The molecule has 162 valence electrons. The van der Waals surface area contributed by atoms with Crippen LogP contribution in [-0.4, -0.2) is 15.0 Å². The predicted octanol–water partition coefficient (Wildman–Crippen LogP) is 4.06. The van der Waals surface area contributed by atoms with Crippen molar-refractivity contribution in [3.8, 4) is 0 Å². The topological polar surface area (TPSA) is 62.8 Å². The van der Waals surface area contributed by atoms with Crippen molar-refractivity contribution in [3.05, 3.63) is 138 Å². The number of sulfonamides is 1. The summed E-state index contributed by atoms with van der Waals surface area (Å²) in [7, 11) is -3.60. The van der Waals surface area contributed by atoms with Crippen molar-refractivity contribution < 1.29 is 13.7 Å². The van der Waals surface area contributed by atoms with Crippen LogP contribution in [0.3, 0.4) is 0 Å². The standard InChI is InChI=1S/C27H26N2O2S/c30-32(31,25-19-11-4-12-20-25)28-21-26(22-13-5-1-6-14-22)29-27(23-15-7-2-8-16-23)24-17-9-3-10-18-24/h1-20,26-29H,21H2/p+1/t26-/m1/s1. The summed E-state index contributed by atoms with van der Waals surface area (Å²) < 4.78 is 28.6. The smallest absolute Gasteiger partial charge is 0.240 e. The van der Waals surface area contributed by atoms with Gasteiger partial charge in [-0.1, -0.05) is 109 Å². The first-order valence-corrected chi connectivity index (χ1v) is 12.2. The Kier molecular flexibility index (Phi) is 7.12. The summed E-state index contributed by atoms with van der Waals surface area (Å²) in [4.78, 5) is 0.273. The summed E-state index contributed by atoms with van der Waals surface area (Å²) in [5.41, 5.74) is 3.41. The van der Waals surface area contributed by atoms with Crippen LogP contribution in [0.2, 0.25) is 0 Å². The summed E-state index contributed by atoms with van der Waals surface area (Å²) >= 11 is 0. The third-order valence-corrected chi connectivity index (χ3v) is 6.96. The molecule has 0 amide bonds. The molecule has 0 saturated carbocycles. The second-order valence-corrected chi connectivity index (χ2v) is 9.44. The number of nitrogens with two attached hydrogens (primary N) is 1. The Hall–Kier alpha value is -3.25. The Morgan fingerprint density at radius 3 is 1.47 bits per heavy atom. The third-order valence-electron chi connectivity index (χ3n) is 5.52. The van der Waals surface area contributed by atoms with Gasteiger partial charge in [-0.2, -0.15) is 0 Å². The molecule has 0 bridgehead atoms. The van der Waals surface area contributed by atoms with E-state index >= 15 is 0 Å². The lowest BCUT2D eigenvalue weighted by Gasteiger charge is -2.24. The summed E-state index contributed by atoms with van der Waals surface area (Å²) in [5, 5.41) is 2.24. The van der Waals surface area contributed by atoms with Gasteiger partial charge in [0, 0.05) is 16.7 Å². The largest absolute Gasteiger partial charge is 0.329 e. The Labute approximate surface area is 190 Å². The van der Waals surface area contributed by atoms with Crippen molar-refractivity contribution in [2.75, 3.05) is 6.54 Å². The SMILES string of the molecule is O=S(=O)(NC[C@@H]([NH2+]C(c1ccccc1)c1ccccc1)c1ccccc1)c1ccccc1. The first-order valence-electron chi connectivity index (χ1n) is 10.7. The van der Waals surface area contributed by atoms with Crippen LogP contribution >= 0.6 is 0 Å². The zero-order valence-corrected chi connectivity index (χ0v) is 18.5. The molecule has 0 aliphatic heterocycles. The van der Waals surface area contributed by atoms with E-state index in [2.05, 4.69) is 34.3 Å². The number of hydrogen-bond acceptors (Lipinski definition) is 2. The van der Waals surface area contributed by atoms with Crippen LogP contribution in [0.4, 0.5) is 0 Å². The molecule has 1 atom stereocenters. The number of quaternary nitrogens is 1. The average molecular weight is 444 g/mol. The highest BCUT2D eigenvalue weighted by molar-refractivity contribution is 7.89. The lowest BCUT2D eigenvalue weighted by molar-refractivity contribution is -0.724. The van der Waals surface area contributed by atoms with Crippen LogP contribution in [0, 0.1) is 0 Å². The highest BCUT2D eigenvalue weighted by atomic mass is 32.2. The van der Waals surface area contributed by atoms with Gasteiger partial charge in [0.1, 0.15) is 12.1 Å². The molecule has 0 aromatic heterocycles. The molecule has 0 aliphatic rings. The van der Waals surface area contributed by atoms with E-state index in [0.29, 0.717) is 0 Å². The lowest BCUT2D eigenvalue weighted by Crippen LogP contribution is -2.87. The molecule has 0 fully saturated rings. The summed E-state index contributed by atoms with van der Waals surface area (Å²) in [6.45, 7) is 0.275. The van der Waals surface area contributed by atoms with Gasteiger partial charge in [-0.05, 0) is 12.1 Å². The molecule has 0 radical (unpaired) electrons. The molecule has 0 saturated heterocycles. The molecule has 4 rings (SSSR count). The van der Waals surface area contributed by atoms with Gasteiger partial charge >= 0.3 is 0 Å². The second-order valence-electron chi connectivity index (χ2n) is 7.67. The summed E-state index contributed by atoms with van der Waals surface area (Å²) in [6.07, 6.45) is 0. The minimum absolute atomic E-state index is 0.0313. The fourth-order valence-corrected chi connectivity index (χ4v) is 4.93. The van der Waals surface area contributed by atoms with E-state index < -0.39 is 10.0 Å². The number of rotatable bonds is 9. The van der Waals surface area contributed by atoms with Crippen LogP contribution in [-0.2, 0) is 10.0 Å². The van der Waals surface area contributed by atoms with Crippen LogP contribution in [0.5, 0.6) is 0 Å². The molecule has 0 spiro atoms. The quantitative estimate of drug-likeness (QED) is 0.410. The minimum Gasteiger partial charge on any atom is -0.329 e. The van der Waals surface area contributed by atoms with E-state index in [4.69, 9.17) is 0 Å². The fraction of sp³-hybridized carbons (Fsp3) is 0.111. The zero-order chi connectivity index (χ0) is 22.2. The Balaban J connectivity index is 1.64. The molecule has 0 unspecified atom stereocenters. The van der Waals surface area contributed by atoms with Gasteiger partial charge in [0.05, 0.1) is 11.4 Å². The number of benzene rings is 4. The number of nitrogens with one attached hydrogen (secondary N) is 1. The average Bonchev–Trinajstić information content (AvgIpc) is 2.86. The molecular formula is C27H27N2O2S+. The second kappa shape index (κ2) is 10.4. The maximum absolute atomic E-state index is 12.9. The van der Waals surface area contributed by atoms with Crippen LogP contribution in [0.1, 0.15) is 28.8 Å². The summed E-state index contributed by atoms with van der Waals surface area (Å²) in [6, 6.07) is 39.1. The highest BCUT2D eigenvalue weighted by Crippen LogP contribution is 2.20. The van der Waals surface area contributed by atoms with E-state index in [1.807, 2.05) is 72.8 Å². The minimum atomic E-state index is -3.60. The molecule has 0 aliphatic carbocycles. The molecule has 5 heteroatoms. The molecule has 4 nitrogen and oxygen atoms in total. The van der Waals surface area contributed by atoms with Gasteiger partial charge in [0.25, 0.3) is 0 Å². The molecule has 4 aromatic rings. The Morgan fingerprint density at radius 1 is 0.594 bits per heavy atom. The summed E-state index contributed by atoms with van der Waals surface area (Å²) in [5.74, 6) is 0. The van der Waals surface area contributed by atoms with E-state index in [1.165, 1.54) is 11.1 Å². The van der Waals surface area contributed by atoms with Crippen molar-refractivity contribution in [1.82, 2.24) is 4.72 Å². The van der Waals surface area contributed by atoms with Gasteiger partial charge in [0.15, 0.2) is 0 Å². The molecule has 4 aromatic carbocycles. The van der Waals surface area contributed by atoms with Crippen molar-refractivity contribution >= 4 is 10.0 Å². The van der Waals surface area contributed by atoms with Gasteiger partial charge in [-0.15, -0.1) is 0 Å². The highest BCUT2D eigenvalue weighted by Gasteiger charge is 2.26. The van der Waals surface area contributed by atoms with Gasteiger partial charge in [-0.25, -0.2) is 13.1 Å². The van der Waals surface area contributed by atoms with Gasteiger partial charge in [0.2, 0.25) is 10.0 Å². The molecule has 3 N–H and O–H groups in total. The molecular weight excluding hydrogens is 416 g/mol. The normalized spacial score (nSPS) is 12.5. The van der Waals surface area contributed by atoms with E-state index in [9.17, 15) is 8.42 Å². The first kappa shape index (κ1) is 22.0. The maximum atomic E-state index is 12.9. The molecule has 32 heavy (non-hydrogen) atoms. The van der Waals surface area contributed by atoms with E-state index in [1.54, 1.807) is 24.3 Å². The van der Waals surface area contributed by atoms with E-state index in [0.717, 1.165) is 5.56 Å². The van der Waals surface area contributed by atoms with Crippen molar-refractivity contribution in [3.63, 3.8) is 0 Å². The van der Waals surface area contributed by atoms with Crippen LogP contribution < -0.4 is 10.0 Å².